The molecule has 1 aromatic rings. The number of nitriles is 1. The summed E-state index contributed by atoms with van der Waals surface area (Å²) in [4.78, 5) is 16.4. The molecule has 2 atom stereocenters. The largest absolute Gasteiger partial charge is 0.482 e. The molecule has 1 aliphatic rings. The minimum atomic E-state index is -0.0328. The smallest absolute Gasteiger partial charge is 0.260 e. The summed E-state index contributed by atoms with van der Waals surface area (Å²) in [5.74, 6) is 0.429. The number of piperazine rings is 1. The van der Waals surface area contributed by atoms with E-state index in [9.17, 15) is 4.79 Å². The Labute approximate surface area is 125 Å². The van der Waals surface area contributed by atoms with Gasteiger partial charge in [0.1, 0.15) is 11.8 Å². The first kappa shape index (κ1) is 15.3. The van der Waals surface area contributed by atoms with E-state index in [2.05, 4.69) is 31.9 Å². The molecule has 1 aliphatic heterocycles. The molecule has 5 nitrogen and oxygen atoms in total. The van der Waals surface area contributed by atoms with Crippen molar-refractivity contribution in [2.24, 2.45) is 0 Å². The van der Waals surface area contributed by atoms with Gasteiger partial charge in [-0.1, -0.05) is 12.1 Å². The molecule has 5 heteroatoms. The number of ether oxygens (including phenoxy) is 1. The van der Waals surface area contributed by atoms with Crippen LogP contribution in [0, 0.1) is 11.3 Å². The number of carbonyl (C=O) groups excluding carboxylic acids is 1. The third-order valence-electron chi connectivity index (χ3n) is 4.07. The highest BCUT2D eigenvalue weighted by molar-refractivity contribution is 5.78. The number of benzene rings is 1. The van der Waals surface area contributed by atoms with E-state index in [0.29, 0.717) is 36.5 Å². The Bertz CT molecular complexity index is 541. The number of para-hydroxylation sites is 1. The summed E-state index contributed by atoms with van der Waals surface area (Å²) >= 11 is 0. The molecule has 2 rings (SSSR count). The van der Waals surface area contributed by atoms with E-state index in [1.807, 2.05) is 4.90 Å². The van der Waals surface area contributed by atoms with Crippen molar-refractivity contribution in [2.75, 3.05) is 26.7 Å². The average Bonchev–Trinajstić information content (AvgIpc) is 2.49. The van der Waals surface area contributed by atoms with Crippen molar-refractivity contribution in [3.05, 3.63) is 29.8 Å². The number of carbonyl (C=O) groups is 1. The summed E-state index contributed by atoms with van der Waals surface area (Å²) in [5.41, 5.74) is 0.449. The first-order valence-electron chi connectivity index (χ1n) is 7.14. The second-order valence-electron chi connectivity index (χ2n) is 5.56. The van der Waals surface area contributed by atoms with Crippen molar-refractivity contribution < 1.29 is 9.53 Å². The third-order valence-corrected chi connectivity index (χ3v) is 4.07. The van der Waals surface area contributed by atoms with Gasteiger partial charge in [0.15, 0.2) is 6.61 Å². The van der Waals surface area contributed by atoms with Crippen molar-refractivity contribution >= 4 is 5.91 Å². The Balaban J connectivity index is 1.95. The molecule has 0 spiro atoms. The molecule has 0 aliphatic carbocycles. The van der Waals surface area contributed by atoms with Gasteiger partial charge in [0.25, 0.3) is 5.91 Å². The topological polar surface area (TPSA) is 56.6 Å². The monoisotopic (exact) mass is 287 g/mol. The summed E-state index contributed by atoms with van der Waals surface area (Å²) in [7, 11) is 2.08. The normalized spacial score (nSPS) is 22.7. The highest BCUT2D eigenvalue weighted by atomic mass is 16.5. The first-order valence-corrected chi connectivity index (χ1v) is 7.14. The Morgan fingerprint density at radius 3 is 2.57 bits per heavy atom. The first-order chi connectivity index (χ1) is 10.0. The molecule has 2 unspecified atom stereocenters. The van der Waals surface area contributed by atoms with Crippen LogP contribution in [0.25, 0.3) is 0 Å². The van der Waals surface area contributed by atoms with Gasteiger partial charge in [0, 0.05) is 25.2 Å². The lowest BCUT2D eigenvalue weighted by Crippen LogP contribution is -2.57. The molecule has 1 saturated heterocycles. The highest BCUT2D eigenvalue weighted by Crippen LogP contribution is 2.17. The van der Waals surface area contributed by atoms with Crippen LogP contribution in [-0.2, 0) is 4.79 Å². The Morgan fingerprint density at radius 1 is 1.33 bits per heavy atom. The van der Waals surface area contributed by atoms with Crippen LogP contribution in [0.3, 0.4) is 0 Å². The highest BCUT2D eigenvalue weighted by Gasteiger charge is 2.29. The summed E-state index contributed by atoms with van der Waals surface area (Å²) in [5, 5.41) is 9.00. The van der Waals surface area contributed by atoms with Gasteiger partial charge in [0.2, 0.25) is 0 Å². The molecule has 1 amide bonds. The molecule has 0 radical (unpaired) electrons. The summed E-state index contributed by atoms with van der Waals surface area (Å²) in [6, 6.07) is 9.69. The quantitative estimate of drug-likeness (QED) is 0.845. The van der Waals surface area contributed by atoms with Gasteiger partial charge < -0.3 is 9.64 Å². The zero-order valence-electron chi connectivity index (χ0n) is 12.7. The van der Waals surface area contributed by atoms with Gasteiger partial charge in [0.05, 0.1) is 5.56 Å². The van der Waals surface area contributed by atoms with E-state index in [4.69, 9.17) is 10.00 Å². The summed E-state index contributed by atoms with van der Waals surface area (Å²) < 4.78 is 5.51. The van der Waals surface area contributed by atoms with Crippen molar-refractivity contribution in [2.45, 2.75) is 25.9 Å². The predicted molar refractivity (Wildman–Crippen MR) is 79.9 cm³/mol. The fraction of sp³-hybridized carbons (Fsp3) is 0.500. The van der Waals surface area contributed by atoms with Crippen LogP contribution in [-0.4, -0.2) is 54.5 Å². The molecule has 1 heterocycles. The van der Waals surface area contributed by atoms with Crippen LogP contribution in [0.4, 0.5) is 0 Å². The van der Waals surface area contributed by atoms with Crippen molar-refractivity contribution in [1.82, 2.24) is 9.80 Å². The second kappa shape index (κ2) is 6.59. The number of likely N-dealkylation sites (N-methyl/N-ethyl adjacent to an activating group) is 1. The summed E-state index contributed by atoms with van der Waals surface area (Å²) in [6.45, 7) is 5.62. The van der Waals surface area contributed by atoms with Crippen molar-refractivity contribution in [3.63, 3.8) is 0 Å². The second-order valence-corrected chi connectivity index (χ2v) is 5.56. The lowest BCUT2D eigenvalue weighted by Gasteiger charge is -2.42. The van der Waals surface area contributed by atoms with Crippen LogP contribution in [0.2, 0.25) is 0 Å². The molecular weight excluding hydrogens is 266 g/mol. The minimum Gasteiger partial charge on any atom is -0.482 e. The zero-order valence-corrected chi connectivity index (χ0v) is 12.7. The van der Waals surface area contributed by atoms with E-state index in [-0.39, 0.29) is 12.5 Å². The van der Waals surface area contributed by atoms with Crippen molar-refractivity contribution in [1.29, 1.82) is 5.26 Å². The standard InChI is InChI=1S/C16H21N3O2/c1-12-9-19(10-13(2)18(12)3)16(20)11-21-15-7-5-4-6-14(15)8-17/h4-7,12-13H,9-11H2,1-3H3. The number of amides is 1. The molecule has 0 saturated carbocycles. The van der Waals surface area contributed by atoms with E-state index >= 15 is 0 Å². The number of hydrogen-bond donors (Lipinski definition) is 0. The third kappa shape index (κ3) is 3.53. The average molecular weight is 287 g/mol. The van der Waals surface area contributed by atoms with E-state index in [0.717, 1.165) is 0 Å². The summed E-state index contributed by atoms with van der Waals surface area (Å²) in [6.07, 6.45) is 0. The molecule has 112 valence electrons. The fourth-order valence-electron chi connectivity index (χ4n) is 2.52. The van der Waals surface area contributed by atoms with Crippen LogP contribution in [0.15, 0.2) is 24.3 Å². The maximum absolute atomic E-state index is 12.3. The van der Waals surface area contributed by atoms with Crippen LogP contribution >= 0.6 is 0 Å². The molecular formula is C16H21N3O2. The molecule has 21 heavy (non-hydrogen) atoms. The predicted octanol–water partition coefficient (Wildman–Crippen LogP) is 1.49. The van der Waals surface area contributed by atoms with Gasteiger partial charge in [-0.15, -0.1) is 0 Å². The van der Waals surface area contributed by atoms with Gasteiger partial charge in [-0.25, -0.2) is 0 Å². The number of rotatable bonds is 3. The van der Waals surface area contributed by atoms with Crippen LogP contribution < -0.4 is 4.74 Å². The molecule has 0 aromatic heterocycles. The maximum atomic E-state index is 12.3. The Hall–Kier alpha value is -2.06. The van der Waals surface area contributed by atoms with Gasteiger partial charge in [-0.3, -0.25) is 9.69 Å². The Kier molecular flexibility index (Phi) is 4.81. The molecule has 1 fully saturated rings. The Morgan fingerprint density at radius 2 is 1.95 bits per heavy atom. The van der Waals surface area contributed by atoms with E-state index in [1.54, 1.807) is 24.3 Å². The lowest BCUT2D eigenvalue weighted by molar-refractivity contribution is -0.137. The van der Waals surface area contributed by atoms with Crippen LogP contribution in [0.5, 0.6) is 5.75 Å². The van der Waals surface area contributed by atoms with Gasteiger partial charge in [-0.2, -0.15) is 5.26 Å². The molecule has 1 aromatic carbocycles. The lowest BCUT2D eigenvalue weighted by atomic mass is 10.1. The SMILES string of the molecule is CC1CN(C(=O)COc2ccccc2C#N)CC(C)N1C. The van der Waals surface area contributed by atoms with Gasteiger partial charge in [-0.05, 0) is 33.0 Å². The number of nitrogens with zero attached hydrogens (tertiary/aromatic N) is 3. The molecule has 0 N–H and O–H groups in total. The fourth-order valence-corrected chi connectivity index (χ4v) is 2.52. The van der Waals surface area contributed by atoms with Crippen molar-refractivity contribution in [3.8, 4) is 11.8 Å². The molecule has 0 bridgehead atoms. The maximum Gasteiger partial charge on any atom is 0.260 e. The number of hydrogen-bond acceptors (Lipinski definition) is 4. The van der Waals surface area contributed by atoms with E-state index in [1.165, 1.54) is 0 Å². The van der Waals surface area contributed by atoms with E-state index < -0.39 is 0 Å². The van der Waals surface area contributed by atoms with Crippen LogP contribution in [0.1, 0.15) is 19.4 Å². The minimum absolute atomic E-state index is 0.0259. The van der Waals surface area contributed by atoms with Gasteiger partial charge >= 0.3 is 0 Å². The zero-order chi connectivity index (χ0) is 15.4.